The zero-order chi connectivity index (χ0) is 15.4. The van der Waals surface area contributed by atoms with E-state index in [0.717, 1.165) is 47.0 Å². The number of ether oxygens (including phenoxy) is 1. The molecule has 1 fully saturated rings. The van der Waals surface area contributed by atoms with Gasteiger partial charge in [-0.2, -0.15) is 0 Å². The van der Waals surface area contributed by atoms with E-state index in [4.69, 9.17) is 16.3 Å². The summed E-state index contributed by atoms with van der Waals surface area (Å²) in [6.07, 6.45) is 3.18. The normalized spacial score (nSPS) is 17.2. The molecule has 0 radical (unpaired) electrons. The van der Waals surface area contributed by atoms with E-state index >= 15 is 0 Å². The van der Waals surface area contributed by atoms with Gasteiger partial charge in [0.05, 0.1) is 6.61 Å². The highest BCUT2D eigenvalue weighted by Crippen LogP contribution is 2.41. The average molecular weight is 312 g/mol. The van der Waals surface area contributed by atoms with Crippen LogP contribution in [0.3, 0.4) is 0 Å². The fourth-order valence-corrected chi connectivity index (χ4v) is 3.56. The predicted molar refractivity (Wildman–Crippen MR) is 87.3 cm³/mol. The van der Waals surface area contributed by atoms with Gasteiger partial charge in [-0.25, -0.2) is 0 Å². The van der Waals surface area contributed by atoms with E-state index < -0.39 is 0 Å². The van der Waals surface area contributed by atoms with Gasteiger partial charge >= 0.3 is 0 Å². The molecule has 1 aliphatic rings. The van der Waals surface area contributed by atoms with E-state index in [1.54, 1.807) is 0 Å². The maximum Gasteiger partial charge on any atom is 0.127 e. The standard InChI is InChI=1S/C17H26ClNO2/c1-4-21-17-12(2)11-14(18)13(3)16(17)15(7-10-20)19-8-5-6-9-19/h11,15,20H,4-10H2,1-3H3. The average Bonchev–Trinajstić information content (AvgIpc) is 2.97. The molecule has 0 amide bonds. The van der Waals surface area contributed by atoms with Crippen LogP contribution in [0.25, 0.3) is 0 Å². The Hall–Kier alpha value is -0.770. The molecule has 118 valence electrons. The molecule has 0 aliphatic carbocycles. The second-order valence-corrected chi connectivity index (χ2v) is 6.15. The number of nitrogens with zero attached hydrogens (tertiary/aromatic N) is 1. The molecule has 1 aromatic rings. The van der Waals surface area contributed by atoms with Crippen molar-refractivity contribution in [3.05, 3.63) is 27.8 Å². The minimum absolute atomic E-state index is 0.178. The monoisotopic (exact) mass is 311 g/mol. The highest BCUT2D eigenvalue weighted by molar-refractivity contribution is 6.31. The molecule has 1 aromatic carbocycles. The largest absolute Gasteiger partial charge is 0.493 e. The SMILES string of the molecule is CCOc1c(C)cc(Cl)c(C)c1C(CCO)N1CCCC1. The molecule has 1 atom stereocenters. The Labute approximate surface area is 132 Å². The molecular formula is C17H26ClNO2. The van der Waals surface area contributed by atoms with Crippen LogP contribution >= 0.6 is 11.6 Å². The first-order valence-electron chi connectivity index (χ1n) is 7.87. The number of aliphatic hydroxyl groups excluding tert-OH is 1. The van der Waals surface area contributed by atoms with Crippen molar-refractivity contribution in [3.63, 3.8) is 0 Å². The summed E-state index contributed by atoms with van der Waals surface area (Å²) in [4.78, 5) is 2.46. The topological polar surface area (TPSA) is 32.7 Å². The molecule has 1 heterocycles. The van der Waals surface area contributed by atoms with Crippen molar-refractivity contribution < 1.29 is 9.84 Å². The second-order valence-electron chi connectivity index (χ2n) is 5.75. The van der Waals surface area contributed by atoms with Crippen LogP contribution in [0.15, 0.2) is 6.07 Å². The number of aryl methyl sites for hydroxylation is 1. The van der Waals surface area contributed by atoms with Crippen molar-refractivity contribution in [2.75, 3.05) is 26.3 Å². The first-order valence-corrected chi connectivity index (χ1v) is 8.25. The summed E-state index contributed by atoms with van der Waals surface area (Å²) in [6, 6.07) is 2.17. The van der Waals surface area contributed by atoms with Crippen LogP contribution in [0.4, 0.5) is 0 Å². The fourth-order valence-electron chi connectivity index (χ4n) is 3.30. The molecule has 21 heavy (non-hydrogen) atoms. The lowest BCUT2D eigenvalue weighted by molar-refractivity contribution is 0.180. The van der Waals surface area contributed by atoms with Gasteiger partial charge in [0.15, 0.2) is 0 Å². The Bertz CT molecular complexity index is 484. The maximum absolute atomic E-state index is 9.51. The van der Waals surface area contributed by atoms with Crippen molar-refractivity contribution in [2.24, 2.45) is 0 Å². The lowest BCUT2D eigenvalue weighted by Gasteiger charge is -2.31. The molecule has 0 bridgehead atoms. The number of rotatable bonds is 6. The summed E-state index contributed by atoms with van der Waals surface area (Å²) in [5.74, 6) is 0.949. The minimum atomic E-state index is 0.178. The Balaban J connectivity index is 2.50. The van der Waals surface area contributed by atoms with Gasteiger partial charge in [0.25, 0.3) is 0 Å². The quantitative estimate of drug-likeness (QED) is 0.865. The molecule has 1 aliphatic heterocycles. The third-order valence-corrected chi connectivity index (χ3v) is 4.71. The molecule has 2 rings (SSSR count). The Morgan fingerprint density at radius 2 is 2.00 bits per heavy atom. The van der Waals surface area contributed by atoms with Crippen molar-refractivity contribution in [1.82, 2.24) is 4.90 Å². The first-order chi connectivity index (χ1) is 10.1. The number of likely N-dealkylation sites (tertiary alicyclic amines) is 1. The van der Waals surface area contributed by atoms with Gasteiger partial charge in [-0.15, -0.1) is 0 Å². The Kier molecular flexibility index (Phi) is 5.91. The van der Waals surface area contributed by atoms with Gasteiger partial charge in [0.2, 0.25) is 0 Å². The summed E-state index contributed by atoms with van der Waals surface area (Å²) >= 11 is 6.41. The molecule has 0 spiro atoms. The van der Waals surface area contributed by atoms with Crippen LogP contribution < -0.4 is 4.74 Å². The maximum atomic E-state index is 9.51. The zero-order valence-corrected chi connectivity index (χ0v) is 14.0. The van der Waals surface area contributed by atoms with Crippen LogP contribution in [0.5, 0.6) is 5.75 Å². The van der Waals surface area contributed by atoms with Crippen molar-refractivity contribution in [2.45, 2.75) is 46.1 Å². The van der Waals surface area contributed by atoms with Crippen LogP contribution in [-0.2, 0) is 0 Å². The highest BCUT2D eigenvalue weighted by atomic mass is 35.5. The molecule has 1 saturated heterocycles. The molecule has 0 saturated carbocycles. The first kappa shape index (κ1) is 16.6. The van der Waals surface area contributed by atoms with Gasteiger partial charge in [-0.3, -0.25) is 4.90 Å². The number of hydrogen-bond acceptors (Lipinski definition) is 3. The van der Waals surface area contributed by atoms with Gasteiger partial charge in [0, 0.05) is 23.2 Å². The summed E-state index contributed by atoms with van der Waals surface area (Å²) < 4.78 is 5.92. The predicted octanol–water partition coefficient (Wildman–Crippen LogP) is 3.87. The number of hydrogen-bond donors (Lipinski definition) is 1. The van der Waals surface area contributed by atoms with E-state index in [1.807, 2.05) is 19.9 Å². The van der Waals surface area contributed by atoms with E-state index in [2.05, 4.69) is 11.8 Å². The van der Waals surface area contributed by atoms with Gasteiger partial charge in [-0.1, -0.05) is 11.6 Å². The van der Waals surface area contributed by atoms with Crippen LogP contribution in [-0.4, -0.2) is 36.3 Å². The van der Waals surface area contributed by atoms with Crippen LogP contribution in [0.1, 0.15) is 48.9 Å². The number of halogens is 1. The lowest BCUT2D eigenvalue weighted by atomic mass is 9.94. The van der Waals surface area contributed by atoms with E-state index in [-0.39, 0.29) is 12.6 Å². The smallest absolute Gasteiger partial charge is 0.127 e. The van der Waals surface area contributed by atoms with E-state index in [1.165, 1.54) is 12.8 Å². The van der Waals surface area contributed by atoms with Gasteiger partial charge < -0.3 is 9.84 Å². The molecule has 3 nitrogen and oxygen atoms in total. The number of benzene rings is 1. The molecule has 0 aromatic heterocycles. The van der Waals surface area contributed by atoms with Crippen LogP contribution in [0, 0.1) is 13.8 Å². The number of aliphatic hydroxyl groups is 1. The van der Waals surface area contributed by atoms with Gasteiger partial charge in [0.1, 0.15) is 5.75 Å². The summed E-state index contributed by atoms with van der Waals surface area (Å²) in [5, 5.41) is 10.3. The summed E-state index contributed by atoms with van der Waals surface area (Å²) in [6.45, 7) is 9.09. The van der Waals surface area contributed by atoms with Crippen LogP contribution in [0.2, 0.25) is 5.02 Å². The molecule has 4 heteroatoms. The van der Waals surface area contributed by atoms with Crippen molar-refractivity contribution >= 4 is 11.6 Å². The van der Waals surface area contributed by atoms with Crippen molar-refractivity contribution in [3.8, 4) is 5.75 Å². The zero-order valence-electron chi connectivity index (χ0n) is 13.3. The Morgan fingerprint density at radius 3 is 2.57 bits per heavy atom. The summed E-state index contributed by atoms with van der Waals surface area (Å²) in [7, 11) is 0. The Morgan fingerprint density at radius 1 is 1.33 bits per heavy atom. The molecular weight excluding hydrogens is 286 g/mol. The van der Waals surface area contributed by atoms with Gasteiger partial charge in [-0.05, 0) is 70.3 Å². The minimum Gasteiger partial charge on any atom is -0.493 e. The van der Waals surface area contributed by atoms with Crippen molar-refractivity contribution in [1.29, 1.82) is 0 Å². The van der Waals surface area contributed by atoms with E-state index in [9.17, 15) is 5.11 Å². The second kappa shape index (κ2) is 7.48. The molecule has 1 N–H and O–H groups in total. The fraction of sp³-hybridized carbons (Fsp3) is 0.647. The third-order valence-electron chi connectivity index (χ3n) is 4.31. The van der Waals surface area contributed by atoms with E-state index in [0.29, 0.717) is 6.61 Å². The molecule has 1 unspecified atom stereocenters. The highest BCUT2D eigenvalue weighted by Gasteiger charge is 2.28. The summed E-state index contributed by atoms with van der Waals surface area (Å²) in [5.41, 5.74) is 3.32. The lowest BCUT2D eigenvalue weighted by Crippen LogP contribution is -2.28. The third kappa shape index (κ3) is 3.53.